The summed E-state index contributed by atoms with van der Waals surface area (Å²) in [5.74, 6) is 0.848. The summed E-state index contributed by atoms with van der Waals surface area (Å²) in [6.07, 6.45) is 0. The molecule has 1 nitrogen and oxygen atoms in total. The quantitative estimate of drug-likeness (QED) is 0.535. The predicted octanol–water partition coefficient (Wildman–Crippen LogP) is 2.54. The molecule has 0 aliphatic rings. The van der Waals surface area contributed by atoms with Crippen molar-refractivity contribution in [3.8, 4) is 0 Å². The van der Waals surface area contributed by atoms with Gasteiger partial charge in [0, 0.05) is 11.5 Å². The second-order valence-corrected chi connectivity index (χ2v) is 2.28. The minimum Gasteiger partial charge on any atom is -0.461 e. The van der Waals surface area contributed by atoms with Crippen molar-refractivity contribution >= 4 is 11.0 Å². The van der Waals surface area contributed by atoms with Crippen LogP contribution in [-0.2, 0) is 0 Å². The van der Waals surface area contributed by atoms with Crippen LogP contribution >= 0.6 is 0 Å². The first-order valence-corrected chi connectivity index (χ1v) is 3.24. The van der Waals surface area contributed by atoms with Crippen molar-refractivity contribution in [2.75, 3.05) is 0 Å². The van der Waals surface area contributed by atoms with Crippen LogP contribution in [0.2, 0.25) is 0 Å². The molecule has 0 N–H and O–H groups in total. The van der Waals surface area contributed by atoms with Gasteiger partial charge in [-0.2, -0.15) is 0 Å². The minimum absolute atomic E-state index is 0.848. The summed E-state index contributed by atoms with van der Waals surface area (Å²) in [6.45, 7) is 1.90. The molecule has 1 heterocycles. The Bertz CT molecular complexity index is 313. The van der Waals surface area contributed by atoms with Gasteiger partial charge in [-0.15, -0.1) is 0 Å². The summed E-state index contributed by atoms with van der Waals surface area (Å²) in [7, 11) is 0. The van der Waals surface area contributed by atoms with Crippen LogP contribution in [0.25, 0.3) is 11.0 Å². The fourth-order valence-corrected chi connectivity index (χ4v) is 1.04. The molecule has 0 bridgehead atoms. The van der Waals surface area contributed by atoms with Crippen molar-refractivity contribution in [1.82, 2.24) is 0 Å². The number of benzene rings is 1. The Balaban J connectivity index is 2.88. The first-order valence-electron chi connectivity index (χ1n) is 3.24. The van der Waals surface area contributed by atoms with Gasteiger partial charge in [0.15, 0.2) is 0 Å². The highest BCUT2D eigenvalue weighted by Gasteiger charge is 1.96. The van der Waals surface area contributed by atoms with E-state index in [1.165, 1.54) is 0 Å². The smallest absolute Gasteiger partial charge is 0.134 e. The molecule has 2 aromatic rings. The molecule has 2 rings (SSSR count). The van der Waals surface area contributed by atoms with Crippen molar-refractivity contribution < 1.29 is 4.42 Å². The van der Waals surface area contributed by atoms with E-state index in [1.807, 2.05) is 31.2 Å². The van der Waals surface area contributed by atoms with Gasteiger partial charge in [-0.05, 0) is 13.0 Å². The lowest BCUT2D eigenvalue weighted by molar-refractivity contribution is 0.577. The number of para-hydroxylation sites is 1. The highest BCUT2D eigenvalue weighted by molar-refractivity contribution is 5.76. The Morgan fingerprint density at radius 3 is 2.90 bits per heavy atom. The Morgan fingerprint density at radius 1 is 1.30 bits per heavy atom. The highest BCUT2D eigenvalue weighted by atomic mass is 16.3. The molecule has 0 saturated heterocycles. The molecule has 0 aliphatic heterocycles. The maximum absolute atomic E-state index is 5.31. The second-order valence-electron chi connectivity index (χ2n) is 2.28. The standard InChI is InChI=1S/C9H7O/c1-7-6-8-4-2-3-5-9(8)10-7/h2-5H,1H3. The van der Waals surface area contributed by atoms with Gasteiger partial charge in [0.05, 0.1) is 0 Å². The van der Waals surface area contributed by atoms with Crippen molar-refractivity contribution in [3.63, 3.8) is 0 Å². The van der Waals surface area contributed by atoms with Gasteiger partial charge in [0.25, 0.3) is 0 Å². The van der Waals surface area contributed by atoms with Crippen LogP contribution in [0, 0.1) is 13.0 Å². The number of hydrogen-bond donors (Lipinski definition) is 0. The van der Waals surface area contributed by atoms with E-state index >= 15 is 0 Å². The van der Waals surface area contributed by atoms with Crippen LogP contribution in [0.4, 0.5) is 0 Å². The maximum Gasteiger partial charge on any atom is 0.134 e. The molecule has 0 unspecified atom stereocenters. The molecule has 0 saturated carbocycles. The van der Waals surface area contributed by atoms with E-state index in [0.29, 0.717) is 0 Å². The normalized spacial score (nSPS) is 10.5. The van der Waals surface area contributed by atoms with E-state index in [4.69, 9.17) is 4.42 Å². The Kier molecular flexibility index (Phi) is 1.04. The first kappa shape index (κ1) is 5.54. The molecule has 1 heteroatoms. The number of hydrogen-bond acceptors (Lipinski definition) is 1. The van der Waals surface area contributed by atoms with Gasteiger partial charge in [0.2, 0.25) is 0 Å². The van der Waals surface area contributed by atoms with Gasteiger partial charge >= 0.3 is 0 Å². The molecule has 10 heavy (non-hydrogen) atoms. The SMILES string of the molecule is Cc1[c]c2ccccc2o1. The summed E-state index contributed by atoms with van der Waals surface area (Å²) in [5.41, 5.74) is 0.917. The van der Waals surface area contributed by atoms with E-state index < -0.39 is 0 Å². The third-order valence-electron chi connectivity index (χ3n) is 1.46. The molecular formula is C9H7O. The number of fused-ring (bicyclic) bond motifs is 1. The fourth-order valence-electron chi connectivity index (χ4n) is 1.04. The van der Waals surface area contributed by atoms with Gasteiger partial charge in [0.1, 0.15) is 11.3 Å². The number of rotatable bonds is 0. The topological polar surface area (TPSA) is 13.1 Å². The molecule has 1 aromatic heterocycles. The third-order valence-corrected chi connectivity index (χ3v) is 1.46. The fraction of sp³-hybridized carbons (Fsp3) is 0.111. The van der Waals surface area contributed by atoms with Crippen molar-refractivity contribution in [2.45, 2.75) is 6.92 Å². The molecule has 0 atom stereocenters. The lowest BCUT2D eigenvalue weighted by Gasteiger charge is -1.81. The highest BCUT2D eigenvalue weighted by Crippen LogP contribution is 2.16. The van der Waals surface area contributed by atoms with Crippen LogP contribution in [0.5, 0.6) is 0 Å². The summed E-state index contributed by atoms with van der Waals surface area (Å²) >= 11 is 0. The lowest BCUT2D eigenvalue weighted by Crippen LogP contribution is -1.58. The second kappa shape index (κ2) is 1.87. The zero-order chi connectivity index (χ0) is 6.97. The van der Waals surface area contributed by atoms with E-state index in [1.54, 1.807) is 0 Å². The average Bonchev–Trinajstić information content (AvgIpc) is 2.27. The van der Waals surface area contributed by atoms with Crippen LogP contribution in [-0.4, -0.2) is 0 Å². The zero-order valence-electron chi connectivity index (χ0n) is 5.72. The third kappa shape index (κ3) is 0.711. The molecule has 49 valence electrons. The number of aryl methyl sites for hydroxylation is 1. The molecular weight excluding hydrogens is 124 g/mol. The molecule has 0 fully saturated rings. The molecule has 1 radical (unpaired) electrons. The summed E-state index contributed by atoms with van der Waals surface area (Å²) in [4.78, 5) is 0. The van der Waals surface area contributed by atoms with Crippen LogP contribution in [0.3, 0.4) is 0 Å². The van der Waals surface area contributed by atoms with Crippen molar-refractivity contribution in [1.29, 1.82) is 0 Å². The molecule has 1 aromatic carbocycles. The Labute approximate surface area is 59.3 Å². The summed E-state index contributed by atoms with van der Waals surface area (Å²) in [5, 5.41) is 1.06. The number of furan rings is 1. The largest absolute Gasteiger partial charge is 0.461 e. The van der Waals surface area contributed by atoms with E-state index in [9.17, 15) is 0 Å². The molecule has 0 amide bonds. The van der Waals surface area contributed by atoms with Gasteiger partial charge < -0.3 is 4.42 Å². The van der Waals surface area contributed by atoms with Gasteiger partial charge in [-0.25, -0.2) is 0 Å². The van der Waals surface area contributed by atoms with Crippen LogP contribution in [0.1, 0.15) is 5.76 Å². The van der Waals surface area contributed by atoms with Crippen LogP contribution < -0.4 is 0 Å². The predicted molar refractivity (Wildman–Crippen MR) is 39.8 cm³/mol. The lowest BCUT2D eigenvalue weighted by atomic mass is 10.2. The van der Waals surface area contributed by atoms with Crippen molar-refractivity contribution in [2.24, 2.45) is 0 Å². The van der Waals surface area contributed by atoms with Crippen LogP contribution in [0.15, 0.2) is 28.7 Å². The summed E-state index contributed by atoms with van der Waals surface area (Å²) < 4.78 is 5.31. The molecule has 0 aliphatic carbocycles. The Morgan fingerprint density at radius 2 is 2.10 bits per heavy atom. The zero-order valence-corrected chi connectivity index (χ0v) is 5.72. The van der Waals surface area contributed by atoms with Gasteiger partial charge in [-0.3, -0.25) is 0 Å². The Hall–Kier alpha value is -1.24. The summed E-state index contributed by atoms with van der Waals surface area (Å²) in [6, 6.07) is 11.0. The average molecular weight is 131 g/mol. The van der Waals surface area contributed by atoms with E-state index in [-0.39, 0.29) is 0 Å². The first-order chi connectivity index (χ1) is 4.86. The van der Waals surface area contributed by atoms with Gasteiger partial charge in [-0.1, -0.05) is 18.2 Å². The van der Waals surface area contributed by atoms with E-state index in [0.717, 1.165) is 16.7 Å². The van der Waals surface area contributed by atoms with Crippen molar-refractivity contribution in [3.05, 3.63) is 36.1 Å². The minimum atomic E-state index is 0.848. The monoisotopic (exact) mass is 131 g/mol. The maximum atomic E-state index is 5.31. The molecule has 0 spiro atoms. The van der Waals surface area contributed by atoms with E-state index in [2.05, 4.69) is 6.07 Å².